The Hall–Kier alpha value is -0.910. The van der Waals surface area contributed by atoms with Gasteiger partial charge in [0.05, 0.1) is 12.1 Å². The van der Waals surface area contributed by atoms with Crippen LogP contribution in [0.3, 0.4) is 0 Å². The first-order chi connectivity index (χ1) is 8.97. The van der Waals surface area contributed by atoms with Crippen molar-refractivity contribution in [2.24, 2.45) is 0 Å². The second-order valence-electron chi connectivity index (χ2n) is 5.12. The second-order valence-corrected chi connectivity index (χ2v) is 5.98. The largest absolute Gasteiger partial charge is 0.507 e. The van der Waals surface area contributed by atoms with Crippen molar-refractivity contribution >= 4 is 21.7 Å². The Kier molecular flexibility index (Phi) is 4.60. The molecule has 4 nitrogen and oxygen atoms in total. The van der Waals surface area contributed by atoms with Gasteiger partial charge in [-0.15, -0.1) is 0 Å². The molecular formula is C14H19BrN2O2. The summed E-state index contributed by atoms with van der Waals surface area (Å²) in [5.41, 5.74) is 1.37. The van der Waals surface area contributed by atoms with E-state index < -0.39 is 0 Å². The number of hydrogen-bond acceptors (Lipinski definition) is 4. The fraction of sp³-hybridized carbons (Fsp3) is 0.500. The van der Waals surface area contributed by atoms with Crippen molar-refractivity contribution in [2.75, 3.05) is 39.8 Å². The molecule has 1 aromatic carbocycles. The van der Waals surface area contributed by atoms with E-state index in [9.17, 15) is 9.90 Å². The predicted molar refractivity (Wildman–Crippen MR) is 78.8 cm³/mol. The first-order valence-electron chi connectivity index (χ1n) is 6.40. The summed E-state index contributed by atoms with van der Waals surface area (Å²) >= 11 is 3.35. The van der Waals surface area contributed by atoms with Crippen LogP contribution in [0.5, 0.6) is 5.75 Å². The molecule has 104 valence electrons. The number of rotatable bonds is 3. The molecule has 5 heteroatoms. The summed E-state index contributed by atoms with van der Waals surface area (Å²) in [7, 11) is 2.09. The van der Waals surface area contributed by atoms with Crippen LogP contribution in [0, 0.1) is 6.92 Å². The van der Waals surface area contributed by atoms with E-state index in [0.717, 1.165) is 36.2 Å². The molecule has 0 saturated carbocycles. The number of aryl methyl sites for hydroxylation is 1. The molecule has 0 radical (unpaired) electrons. The molecule has 1 saturated heterocycles. The Morgan fingerprint density at radius 1 is 1.32 bits per heavy atom. The van der Waals surface area contributed by atoms with Crippen molar-refractivity contribution in [1.82, 2.24) is 9.80 Å². The van der Waals surface area contributed by atoms with E-state index in [2.05, 4.69) is 32.8 Å². The van der Waals surface area contributed by atoms with Crippen LogP contribution in [0.2, 0.25) is 0 Å². The summed E-state index contributed by atoms with van der Waals surface area (Å²) in [6.45, 7) is 6.06. The van der Waals surface area contributed by atoms with Gasteiger partial charge in [0.1, 0.15) is 5.75 Å². The molecule has 19 heavy (non-hydrogen) atoms. The van der Waals surface area contributed by atoms with Gasteiger partial charge < -0.3 is 10.0 Å². The molecule has 0 amide bonds. The van der Waals surface area contributed by atoms with E-state index in [1.54, 1.807) is 12.1 Å². The number of nitrogens with zero attached hydrogens (tertiary/aromatic N) is 2. The van der Waals surface area contributed by atoms with Crippen molar-refractivity contribution in [3.8, 4) is 5.75 Å². The number of carbonyl (C=O) groups is 1. The number of phenols is 1. The zero-order valence-corrected chi connectivity index (χ0v) is 12.9. The number of aromatic hydroxyl groups is 1. The lowest BCUT2D eigenvalue weighted by Gasteiger charge is -2.31. The lowest BCUT2D eigenvalue weighted by atomic mass is 10.1. The first-order valence-corrected chi connectivity index (χ1v) is 7.20. The lowest BCUT2D eigenvalue weighted by Crippen LogP contribution is -2.46. The third-order valence-electron chi connectivity index (χ3n) is 3.54. The summed E-state index contributed by atoms with van der Waals surface area (Å²) in [6, 6.07) is 3.34. The number of halogens is 1. The molecule has 0 spiro atoms. The molecule has 2 rings (SSSR count). The van der Waals surface area contributed by atoms with Gasteiger partial charge in [0.2, 0.25) is 0 Å². The summed E-state index contributed by atoms with van der Waals surface area (Å²) < 4.78 is 0.821. The summed E-state index contributed by atoms with van der Waals surface area (Å²) in [6.07, 6.45) is 0. The maximum atomic E-state index is 12.2. The highest BCUT2D eigenvalue weighted by molar-refractivity contribution is 9.10. The number of hydrogen-bond donors (Lipinski definition) is 1. The van der Waals surface area contributed by atoms with Gasteiger partial charge >= 0.3 is 0 Å². The monoisotopic (exact) mass is 326 g/mol. The zero-order valence-electron chi connectivity index (χ0n) is 11.3. The minimum atomic E-state index is -0.0161. The first kappa shape index (κ1) is 14.5. The predicted octanol–water partition coefficient (Wildman–Crippen LogP) is 1.89. The quantitative estimate of drug-likeness (QED) is 0.861. The van der Waals surface area contributed by atoms with Gasteiger partial charge in [-0.1, -0.05) is 15.9 Å². The van der Waals surface area contributed by atoms with Crippen LogP contribution in [-0.2, 0) is 0 Å². The van der Waals surface area contributed by atoms with Crippen LogP contribution >= 0.6 is 15.9 Å². The van der Waals surface area contributed by atoms with Crippen LogP contribution in [0.15, 0.2) is 16.6 Å². The zero-order chi connectivity index (χ0) is 14.0. The minimum Gasteiger partial charge on any atom is -0.507 e. The Morgan fingerprint density at radius 3 is 2.58 bits per heavy atom. The molecule has 1 aliphatic rings. The van der Waals surface area contributed by atoms with Gasteiger partial charge in [0.25, 0.3) is 0 Å². The van der Waals surface area contributed by atoms with Crippen molar-refractivity contribution in [3.63, 3.8) is 0 Å². The molecule has 1 N–H and O–H groups in total. The molecule has 0 atom stereocenters. The summed E-state index contributed by atoms with van der Waals surface area (Å²) in [5, 5.41) is 9.88. The van der Waals surface area contributed by atoms with Gasteiger partial charge in [0, 0.05) is 30.7 Å². The SMILES string of the molecule is Cc1cc(C(=O)CN2CCN(C)CC2)c(O)cc1Br. The molecule has 0 bridgehead atoms. The van der Waals surface area contributed by atoms with Crippen molar-refractivity contribution in [3.05, 3.63) is 27.7 Å². The molecule has 1 aromatic rings. The smallest absolute Gasteiger partial charge is 0.180 e. The molecule has 1 heterocycles. The topological polar surface area (TPSA) is 43.8 Å². The summed E-state index contributed by atoms with van der Waals surface area (Å²) in [4.78, 5) is 16.6. The van der Waals surface area contributed by atoms with E-state index in [0.29, 0.717) is 12.1 Å². The number of carbonyl (C=O) groups excluding carboxylic acids is 1. The Balaban J connectivity index is 2.06. The van der Waals surface area contributed by atoms with E-state index in [1.807, 2.05) is 6.92 Å². The maximum absolute atomic E-state index is 12.2. The molecule has 1 fully saturated rings. The molecular weight excluding hydrogens is 308 g/mol. The number of phenolic OH excluding ortho intramolecular Hbond substituents is 1. The van der Waals surface area contributed by atoms with E-state index in [-0.39, 0.29) is 11.5 Å². The van der Waals surface area contributed by atoms with Gasteiger partial charge in [-0.2, -0.15) is 0 Å². The highest BCUT2D eigenvalue weighted by Crippen LogP contribution is 2.26. The van der Waals surface area contributed by atoms with Crippen molar-refractivity contribution < 1.29 is 9.90 Å². The number of benzene rings is 1. The van der Waals surface area contributed by atoms with Gasteiger partial charge in [-0.05, 0) is 31.7 Å². The fourth-order valence-corrected chi connectivity index (χ4v) is 2.52. The number of likely N-dealkylation sites (N-methyl/N-ethyl adjacent to an activating group) is 1. The average molecular weight is 327 g/mol. The molecule has 1 aliphatic heterocycles. The average Bonchev–Trinajstić information content (AvgIpc) is 2.36. The minimum absolute atomic E-state index is 0.0161. The van der Waals surface area contributed by atoms with Gasteiger partial charge in [-0.25, -0.2) is 0 Å². The van der Waals surface area contributed by atoms with Gasteiger partial charge in [0.15, 0.2) is 5.78 Å². The molecule has 0 unspecified atom stereocenters. The van der Waals surface area contributed by atoms with Crippen LogP contribution in [0.4, 0.5) is 0 Å². The summed E-state index contributed by atoms with van der Waals surface area (Å²) in [5.74, 6) is 0.0363. The lowest BCUT2D eigenvalue weighted by molar-refractivity contribution is 0.0874. The Labute approximate surface area is 122 Å². The Morgan fingerprint density at radius 2 is 1.95 bits per heavy atom. The third kappa shape index (κ3) is 3.55. The second kappa shape index (κ2) is 6.03. The van der Waals surface area contributed by atoms with E-state index in [1.165, 1.54) is 0 Å². The normalized spacial score (nSPS) is 17.6. The maximum Gasteiger partial charge on any atom is 0.180 e. The highest BCUT2D eigenvalue weighted by atomic mass is 79.9. The Bertz CT molecular complexity index is 483. The fourth-order valence-electron chi connectivity index (χ4n) is 2.19. The standard InChI is InChI=1S/C14H19BrN2O2/c1-10-7-11(13(18)8-12(10)15)14(19)9-17-5-3-16(2)4-6-17/h7-8,18H,3-6,9H2,1-2H3. The van der Waals surface area contributed by atoms with Crippen LogP contribution in [-0.4, -0.2) is 60.5 Å². The van der Waals surface area contributed by atoms with E-state index >= 15 is 0 Å². The van der Waals surface area contributed by atoms with Crippen LogP contribution in [0.25, 0.3) is 0 Å². The molecule has 0 aliphatic carbocycles. The highest BCUT2D eigenvalue weighted by Gasteiger charge is 2.19. The molecule has 0 aromatic heterocycles. The number of ketones is 1. The van der Waals surface area contributed by atoms with Crippen molar-refractivity contribution in [1.29, 1.82) is 0 Å². The number of piperazine rings is 1. The van der Waals surface area contributed by atoms with Gasteiger partial charge in [-0.3, -0.25) is 9.69 Å². The van der Waals surface area contributed by atoms with Crippen LogP contribution < -0.4 is 0 Å². The number of Topliss-reactive ketones (excluding diaryl/α,β-unsaturated/α-hetero) is 1. The van der Waals surface area contributed by atoms with Crippen LogP contribution in [0.1, 0.15) is 15.9 Å². The third-order valence-corrected chi connectivity index (χ3v) is 4.39. The van der Waals surface area contributed by atoms with E-state index in [4.69, 9.17) is 0 Å². The van der Waals surface area contributed by atoms with Crippen molar-refractivity contribution in [2.45, 2.75) is 6.92 Å².